The van der Waals surface area contributed by atoms with Crippen LogP contribution in [0.15, 0.2) is 0 Å². The summed E-state index contributed by atoms with van der Waals surface area (Å²) < 4.78 is 2.03. The number of nitrogens with zero attached hydrogens (tertiary/aromatic N) is 3. The molecule has 0 saturated heterocycles. The first kappa shape index (κ1) is 10.9. The zero-order valence-corrected chi connectivity index (χ0v) is 10.0. The van der Waals surface area contributed by atoms with Crippen molar-refractivity contribution in [2.75, 3.05) is 0 Å². The van der Waals surface area contributed by atoms with Gasteiger partial charge in [-0.15, -0.1) is 21.8 Å². The fourth-order valence-electron chi connectivity index (χ4n) is 2.36. The molecular formula is C11H18ClN3. The summed E-state index contributed by atoms with van der Waals surface area (Å²) in [6.07, 6.45) is 7.94. The van der Waals surface area contributed by atoms with Crippen LogP contribution in [-0.4, -0.2) is 14.8 Å². The lowest BCUT2D eigenvalue weighted by Crippen LogP contribution is -2.04. The molecule has 0 bridgehead atoms. The number of alkyl halides is 1. The third kappa shape index (κ3) is 2.51. The van der Waals surface area contributed by atoms with Crippen molar-refractivity contribution in [3.05, 3.63) is 11.6 Å². The summed E-state index contributed by atoms with van der Waals surface area (Å²) in [5.41, 5.74) is 0. The van der Waals surface area contributed by atoms with Crippen molar-refractivity contribution in [1.29, 1.82) is 0 Å². The Labute approximate surface area is 95.8 Å². The molecular weight excluding hydrogens is 210 g/mol. The van der Waals surface area contributed by atoms with Crippen LogP contribution in [0.1, 0.15) is 43.8 Å². The lowest BCUT2D eigenvalue weighted by atomic mass is 10.0. The van der Waals surface area contributed by atoms with Gasteiger partial charge in [-0.05, 0) is 12.3 Å². The summed E-state index contributed by atoms with van der Waals surface area (Å²) in [6, 6.07) is 0. The Bertz CT molecular complexity index is 316. The number of hydrogen-bond donors (Lipinski definition) is 0. The van der Waals surface area contributed by atoms with E-state index < -0.39 is 0 Å². The average Bonchev–Trinajstić information content (AvgIpc) is 2.85. The molecule has 0 spiro atoms. The minimum Gasteiger partial charge on any atom is -0.317 e. The van der Waals surface area contributed by atoms with Crippen molar-refractivity contribution >= 4 is 11.6 Å². The third-order valence-electron chi connectivity index (χ3n) is 3.43. The SMILES string of the molecule is Cn1c(CCl)nnc1CCC1CCCC1. The van der Waals surface area contributed by atoms with Gasteiger partial charge in [-0.25, -0.2) is 0 Å². The predicted molar refractivity (Wildman–Crippen MR) is 60.8 cm³/mol. The van der Waals surface area contributed by atoms with Gasteiger partial charge in [0.1, 0.15) is 11.6 Å². The second-order valence-electron chi connectivity index (χ2n) is 4.41. The van der Waals surface area contributed by atoms with Crippen LogP contribution in [0.25, 0.3) is 0 Å². The maximum absolute atomic E-state index is 5.75. The first-order chi connectivity index (χ1) is 7.31. The standard InChI is InChI=1S/C11H18ClN3/c1-15-10(13-14-11(15)8-12)7-6-9-4-2-3-5-9/h9H,2-8H2,1H3. The summed E-state index contributed by atoms with van der Waals surface area (Å²) in [4.78, 5) is 0. The van der Waals surface area contributed by atoms with E-state index in [-0.39, 0.29) is 0 Å². The largest absolute Gasteiger partial charge is 0.317 e. The molecule has 0 unspecified atom stereocenters. The second-order valence-corrected chi connectivity index (χ2v) is 4.68. The van der Waals surface area contributed by atoms with Gasteiger partial charge in [0.05, 0.1) is 5.88 Å². The molecule has 1 fully saturated rings. The lowest BCUT2D eigenvalue weighted by Gasteiger charge is -2.07. The van der Waals surface area contributed by atoms with Crippen molar-refractivity contribution in [2.45, 2.75) is 44.4 Å². The van der Waals surface area contributed by atoms with E-state index in [4.69, 9.17) is 11.6 Å². The fourth-order valence-corrected chi connectivity index (χ4v) is 2.60. The van der Waals surface area contributed by atoms with Crippen LogP contribution in [-0.2, 0) is 19.3 Å². The molecule has 15 heavy (non-hydrogen) atoms. The van der Waals surface area contributed by atoms with Crippen molar-refractivity contribution in [2.24, 2.45) is 13.0 Å². The highest BCUT2D eigenvalue weighted by atomic mass is 35.5. The van der Waals surface area contributed by atoms with E-state index in [1.807, 2.05) is 11.6 Å². The number of halogens is 1. The third-order valence-corrected chi connectivity index (χ3v) is 3.66. The molecule has 1 aromatic rings. The van der Waals surface area contributed by atoms with Crippen LogP contribution in [0.2, 0.25) is 0 Å². The molecule has 0 N–H and O–H groups in total. The molecule has 2 rings (SSSR count). The normalized spacial score (nSPS) is 17.5. The van der Waals surface area contributed by atoms with Crippen molar-refractivity contribution < 1.29 is 0 Å². The Morgan fingerprint density at radius 2 is 1.93 bits per heavy atom. The number of rotatable bonds is 4. The smallest absolute Gasteiger partial charge is 0.147 e. The minimum atomic E-state index is 0.451. The van der Waals surface area contributed by atoms with Gasteiger partial charge >= 0.3 is 0 Å². The minimum absolute atomic E-state index is 0.451. The Balaban J connectivity index is 1.89. The van der Waals surface area contributed by atoms with E-state index in [0.717, 1.165) is 24.0 Å². The molecule has 0 aromatic carbocycles. The average molecular weight is 228 g/mol. The van der Waals surface area contributed by atoms with Crippen LogP contribution in [0, 0.1) is 5.92 Å². The van der Waals surface area contributed by atoms with Crippen molar-refractivity contribution in [1.82, 2.24) is 14.8 Å². The van der Waals surface area contributed by atoms with Crippen LogP contribution >= 0.6 is 11.6 Å². The zero-order chi connectivity index (χ0) is 10.7. The molecule has 1 aromatic heterocycles. The molecule has 0 amide bonds. The fraction of sp³-hybridized carbons (Fsp3) is 0.818. The maximum atomic E-state index is 5.75. The zero-order valence-electron chi connectivity index (χ0n) is 9.25. The van der Waals surface area contributed by atoms with E-state index in [2.05, 4.69) is 10.2 Å². The number of aryl methyl sites for hydroxylation is 1. The highest BCUT2D eigenvalue weighted by molar-refractivity contribution is 6.16. The van der Waals surface area contributed by atoms with Gasteiger partial charge in [-0.1, -0.05) is 25.7 Å². The summed E-state index contributed by atoms with van der Waals surface area (Å²) in [5, 5.41) is 8.24. The van der Waals surface area contributed by atoms with Crippen LogP contribution in [0.4, 0.5) is 0 Å². The van der Waals surface area contributed by atoms with E-state index in [0.29, 0.717) is 5.88 Å². The van der Waals surface area contributed by atoms with E-state index in [1.165, 1.54) is 32.1 Å². The molecule has 1 saturated carbocycles. The van der Waals surface area contributed by atoms with E-state index in [1.54, 1.807) is 0 Å². The number of aromatic nitrogens is 3. The Morgan fingerprint density at radius 3 is 2.53 bits per heavy atom. The molecule has 0 aliphatic heterocycles. The highest BCUT2D eigenvalue weighted by Crippen LogP contribution is 2.28. The molecule has 1 aliphatic rings. The van der Waals surface area contributed by atoms with Gasteiger partial charge in [0.15, 0.2) is 0 Å². The summed E-state index contributed by atoms with van der Waals surface area (Å²) in [6.45, 7) is 0. The van der Waals surface area contributed by atoms with Crippen LogP contribution < -0.4 is 0 Å². The molecule has 4 heteroatoms. The van der Waals surface area contributed by atoms with Gasteiger partial charge in [0, 0.05) is 13.5 Å². The Morgan fingerprint density at radius 1 is 1.27 bits per heavy atom. The van der Waals surface area contributed by atoms with E-state index in [9.17, 15) is 0 Å². The lowest BCUT2D eigenvalue weighted by molar-refractivity contribution is 0.492. The van der Waals surface area contributed by atoms with Gasteiger partial charge in [0.2, 0.25) is 0 Å². The monoisotopic (exact) mass is 227 g/mol. The second kappa shape index (κ2) is 4.97. The molecule has 0 radical (unpaired) electrons. The summed E-state index contributed by atoms with van der Waals surface area (Å²) >= 11 is 5.75. The summed E-state index contributed by atoms with van der Waals surface area (Å²) in [5.74, 6) is 3.32. The molecule has 3 nitrogen and oxygen atoms in total. The van der Waals surface area contributed by atoms with E-state index >= 15 is 0 Å². The van der Waals surface area contributed by atoms with Crippen molar-refractivity contribution in [3.8, 4) is 0 Å². The van der Waals surface area contributed by atoms with Crippen LogP contribution in [0.5, 0.6) is 0 Å². The van der Waals surface area contributed by atoms with Crippen LogP contribution in [0.3, 0.4) is 0 Å². The Kier molecular flexibility index (Phi) is 3.62. The van der Waals surface area contributed by atoms with Gasteiger partial charge in [0.25, 0.3) is 0 Å². The molecule has 0 atom stereocenters. The molecule has 1 aliphatic carbocycles. The Hall–Kier alpha value is -0.570. The van der Waals surface area contributed by atoms with Gasteiger partial charge < -0.3 is 4.57 Å². The highest BCUT2D eigenvalue weighted by Gasteiger charge is 2.16. The van der Waals surface area contributed by atoms with Crippen molar-refractivity contribution in [3.63, 3.8) is 0 Å². The summed E-state index contributed by atoms with van der Waals surface area (Å²) in [7, 11) is 2.00. The molecule has 1 heterocycles. The topological polar surface area (TPSA) is 30.7 Å². The maximum Gasteiger partial charge on any atom is 0.147 e. The van der Waals surface area contributed by atoms with Gasteiger partial charge in [-0.3, -0.25) is 0 Å². The van der Waals surface area contributed by atoms with Gasteiger partial charge in [-0.2, -0.15) is 0 Å². The first-order valence-corrected chi connectivity index (χ1v) is 6.28. The molecule has 84 valence electrons. The number of hydrogen-bond acceptors (Lipinski definition) is 2. The quantitative estimate of drug-likeness (QED) is 0.741. The predicted octanol–water partition coefficient (Wildman–Crippen LogP) is 2.68. The first-order valence-electron chi connectivity index (χ1n) is 5.74.